The van der Waals surface area contributed by atoms with E-state index in [1.54, 1.807) is 6.07 Å². The number of benzene rings is 2. The van der Waals surface area contributed by atoms with E-state index in [2.05, 4.69) is 20.0 Å². The molecule has 128 valence electrons. The third kappa shape index (κ3) is 3.34. The summed E-state index contributed by atoms with van der Waals surface area (Å²) < 4.78 is 0. The van der Waals surface area contributed by atoms with E-state index >= 15 is 0 Å². The van der Waals surface area contributed by atoms with Gasteiger partial charge in [-0.15, -0.1) is 10.2 Å². The molecule has 0 bridgehead atoms. The lowest BCUT2D eigenvalue weighted by atomic mass is 10.1. The first-order valence-corrected chi connectivity index (χ1v) is 9.12. The number of hydrogen-bond acceptors (Lipinski definition) is 4. The van der Waals surface area contributed by atoms with E-state index in [9.17, 15) is 0 Å². The van der Waals surface area contributed by atoms with Crippen LogP contribution >= 0.6 is 34.8 Å². The van der Waals surface area contributed by atoms with Crippen molar-refractivity contribution in [3.05, 3.63) is 57.7 Å². The van der Waals surface area contributed by atoms with Gasteiger partial charge in [-0.1, -0.05) is 59.1 Å². The molecule has 0 amide bonds. The smallest absolute Gasteiger partial charge is 0.159 e. The van der Waals surface area contributed by atoms with Crippen LogP contribution in [0.3, 0.4) is 0 Å². The van der Waals surface area contributed by atoms with Crippen molar-refractivity contribution in [3.63, 3.8) is 0 Å². The summed E-state index contributed by atoms with van der Waals surface area (Å²) in [5, 5.41) is 12.1. The van der Waals surface area contributed by atoms with Crippen LogP contribution in [-0.4, -0.2) is 36.4 Å². The molecule has 7 heteroatoms. The molecule has 0 atom stereocenters. The third-order valence-corrected chi connectivity index (χ3v) is 5.13. The van der Waals surface area contributed by atoms with Crippen LogP contribution in [0.5, 0.6) is 0 Å². The highest BCUT2D eigenvalue weighted by Crippen LogP contribution is 2.30. The molecule has 4 nitrogen and oxygen atoms in total. The molecule has 1 fully saturated rings. The van der Waals surface area contributed by atoms with Crippen molar-refractivity contribution in [2.45, 2.75) is 0 Å². The Bertz CT molecular complexity index is 903. The summed E-state index contributed by atoms with van der Waals surface area (Å²) >= 11 is 18.4. The first kappa shape index (κ1) is 16.7. The molecule has 4 rings (SSSR count). The van der Waals surface area contributed by atoms with Gasteiger partial charge in [0.05, 0.1) is 0 Å². The molecule has 0 N–H and O–H groups in total. The SMILES string of the molecule is Clc1cc(Cl)cc(N2CCN(c3nnc(Cl)c4ccccc34)CC2)c1. The fourth-order valence-electron chi connectivity index (χ4n) is 3.19. The zero-order valence-corrected chi connectivity index (χ0v) is 15.6. The minimum absolute atomic E-state index is 0.437. The molecule has 1 saturated heterocycles. The van der Waals surface area contributed by atoms with Gasteiger partial charge in [0.1, 0.15) is 0 Å². The molecule has 1 aliphatic heterocycles. The number of aromatic nitrogens is 2. The quantitative estimate of drug-likeness (QED) is 0.619. The average Bonchev–Trinajstić information content (AvgIpc) is 2.62. The van der Waals surface area contributed by atoms with E-state index in [4.69, 9.17) is 34.8 Å². The maximum absolute atomic E-state index is 6.18. The van der Waals surface area contributed by atoms with Crippen LogP contribution in [0, 0.1) is 0 Å². The lowest BCUT2D eigenvalue weighted by Crippen LogP contribution is -2.47. The second-order valence-corrected chi connectivity index (χ2v) is 7.19. The lowest BCUT2D eigenvalue weighted by Gasteiger charge is -2.37. The van der Waals surface area contributed by atoms with Gasteiger partial charge in [-0.05, 0) is 18.2 Å². The fraction of sp³-hybridized carbons (Fsp3) is 0.222. The van der Waals surface area contributed by atoms with Crippen LogP contribution < -0.4 is 9.80 Å². The van der Waals surface area contributed by atoms with E-state index in [1.807, 2.05) is 36.4 Å². The zero-order valence-electron chi connectivity index (χ0n) is 13.3. The molecule has 3 aromatic rings. The molecule has 2 aromatic carbocycles. The Balaban J connectivity index is 1.57. The number of nitrogens with zero attached hydrogens (tertiary/aromatic N) is 4. The Morgan fingerprint density at radius 1 is 0.720 bits per heavy atom. The van der Waals surface area contributed by atoms with Gasteiger partial charge >= 0.3 is 0 Å². The van der Waals surface area contributed by atoms with Gasteiger partial charge < -0.3 is 9.80 Å². The standard InChI is InChI=1S/C18H15Cl3N4/c19-12-9-13(20)11-14(10-12)24-5-7-25(8-6-24)18-16-4-2-1-3-15(16)17(21)22-23-18/h1-4,9-11H,5-8H2. The highest BCUT2D eigenvalue weighted by molar-refractivity contribution is 6.35. The van der Waals surface area contributed by atoms with Crippen molar-refractivity contribution in [2.24, 2.45) is 0 Å². The van der Waals surface area contributed by atoms with Gasteiger partial charge in [0.2, 0.25) is 0 Å². The van der Waals surface area contributed by atoms with Crippen LogP contribution in [-0.2, 0) is 0 Å². The minimum atomic E-state index is 0.437. The number of fused-ring (bicyclic) bond motifs is 1. The summed E-state index contributed by atoms with van der Waals surface area (Å²) in [5.74, 6) is 0.878. The largest absolute Gasteiger partial charge is 0.368 e. The van der Waals surface area contributed by atoms with Crippen LogP contribution in [0.2, 0.25) is 15.2 Å². The summed E-state index contributed by atoms with van der Waals surface area (Å²) in [7, 11) is 0. The number of anilines is 2. The zero-order chi connectivity index (χ0) is 17.4. The first-order valence-electron chi connectivity index (χ1n) is 7.99. The molecule has 1 aromatic heterocycles. The molecule has 0 radical (unpaired) electrons. The third-order valence-electron chi connectivity index (χ3n) is 4.41. The van der Waals surface area contributed by atoms with Gasteiger partial charge in [0.15, 0.2) is 11.0 Å². The Hall–Kier alpha value is -1.75. The fourth-order valence-corrected chi connectivity index (χ4v) is 3.91. The summed E-state index contributed by atoms with van der Waals surface area (Å²) in [5.41, 5.74) is 1.05. The van der Waals surface area contributed by atoms with Crippen molar-refractivity contribution >= 4 is 57.1 Å². The van der Waals surface area contributed by atoms with Crippen molar-refractivity contribution in [3.8, 4) is 0 Å². The van der Waals surface area contributed by atoms with Crippen LogP contribution in [0.1, 0.15) is 0 Å². The van der Waals surface area contributed by atoms with Crippen LogP contribution in [0.4, 0.5) is 11.5 Å². The highest BCUT2D eigenvalue weighted by atomic mass is 35.5. The summed E-state index contributed by atoms with van der Waals surface area (Å²) in [6.45, 7) is 3.39. The number of hydrogen-bond donors (Lipinski definition) is 0. The molecule has 0 unspecified atom stereocenters. The molecule has 1 aliphatic rings. The number of halogens is 3. The van der Waals surface area contributed by atoms with Crippen LogP contribution in [0.15, 0.2) is 42.5 Å². The Kier molecular flexibility index (Phi) is 4.59. The van der Waals surface area contributed by atoms with Crippen molar-refractivity contribution < 1.29 is 0 Å². The number of rotatable bonds is 2. The number of piperazine rings is 1. The monoisotopic (exact) mass is 392 g/mol. The first-order chi connectivity index (χ1) is 12.1. The van der Waals surface area contributed by atoms with Gasteiger partial charge in [-0.3, -0.25) is 0 Å². The Morgan fingerprint density at radius 2 is 1.32 bits per heavy atom. The summed E-state index contributed by atoms with van der Waals surface area (Å²) in [6, 6.07) is 13.6. The van der Waals surface area contributed by atoms with Crippen molar-refractivity contribution in [1.29, 1.82) is 0 Å². The maximum atomic E-state index is 6.18. The molecule has 0 aliphatic carbocycles. The van der Waals surface area contributed by atoms with Gasteiger partial charge in [-0.25, -0.2) is 0 Å². The molecule has 0 spiro atoms. The molecule has 25 heavy (non-hydrogen) atoms. The summed E-state index contributed by atoms with van der Waals surface area (Å²) in [4.78, 5) is 4.52. The predicted molar refractivity (Wildman–Crippen MR) is 105 cm³/mol. The van der Waals surface area contributed by atoms with Gasteiger partial charge in [-0.2, -0.15) is 0 Å². The minimum Gasteiger partial charge on any atom is -0.368 e. The Labute approximate surface area is 160 Å². The molecular weight excluding hydrogens is 379 g/mol. The average molecular weight is 394 g/mol. The van der Waals surface area contributed by atoms with Crippen molar-refractivity contribution in [2.75, 3.05) is 36.0 Å². The van der Waals surface area contributed by atoms with E-state index in [0.717, 1.165) is 48.5 Å². The van der Waals surface area contributed by atoms with Gasteiger partial charge in [0.25, 0.3) is 0 Å². The van der Waals surface area contributed by atoms with E-state index in [0.29, 0.717) is 15.2 Å². The second-order valence-electron chi connectivity index (χ2n) is 5.96. The molecule has 0 saturated carbocycles. The van der Waals surface area contributed by atoms with E-state index in [-0.39, 0.29) is 0 Å². The lowest BCUT2D eigenvalue weighted by molar-refractivity contribution is 0.646. The van der Waals surface area contributed by atoms with E-state index in [1.165, 1.54) is 0 Å². The highest BCUT2D eigenvalue weighted by Gasteiger charge is 2.21. The maximum Gasteiger partial charge on any atom is 0.159 e. The second kappa shape index (κ2) is 6.87. The normalized spacial score (nSPS) is 15.0. The molecule has 2 heterocycles. The predicted octanol–water partition coefficient (Wildman–Crippen LogP) is 4.92. The van der Waals surface area contributed by atoms with Gasteiger partial charge in [0, 0.05) is 52.7 Å². The van der Waals surface area contributed by atoms with E-state index < -0.39 is 0 Å². The Morgan fingerprint density at radius 3 is 2.00 bits per heavy atom. The van der Waals surface area contributed by atoms with Crippen molar-refractivity contribution in [1.82, 2.24) is 10.2 Å². The topological polar surface area (TPSA) is 32.3 Å². The van der Waals surface area contributed by atoms with Crippen LogP contribution in [0.25, 0.3) is 10.8 Å². The molecular formula is C18H15Cl3N4. The summed E-state index contributed by atoms with van der Waals surface area (Å²) in [6.07, 6.45) is 0.